The highest BCUT2D eigenvalue weighted by molar-refractivity contribution is 6.42. The number of aromatic nitrogens is 1. The van der Waals surface area contributed by atoms with Crippen LogP contribution < -0.4 is 15.4 Å². The Morgan fingerprint density at radius 3 is 2.59 bits per heavy atom. The molecular formula is C23H29Cl2N3O. The normalized spacial score (nSPS) is 21.1. The van der Waals surface area contributed by atoms with Crippen molar-refractivity contribution in [1.82, 2.24) is 15.6 Å². The van der Waals surface area contributed by atoms with Crippen LogP contribution in [0.5, 0.6) is 5.88 Å². The number of halogens is 2. The predicted molar refractivity (Wildman–Crippen MR) is 119 cm³/mol. The van der Waals surface area contributed by atoms with E-state index in [0.717, 1.165) is 50.5 Å². The summed E-state index contributed by atoms with van der Waals surface area (Å²) >= 11 is 12.4. The van der Waals surface area contributed by atoms with Gasteiger partial charge < -0.3 is 15.4 Å². The third-order valence-electron chi connectivity index (χ3n) is 6.15. The van der Waals surface area contributed by atoms with Gasteiger partial charge in [-0.25, -0.2) is 4.98 Å². The third kappa shape index (κ3) is 4.72. The molecule has 1 fully saturated rings. The van der Waals surface area contributed by atoms with Crippen molar-refractivity contribution in [3.05, 3.63) is 57.2 Å². The van der Waals surface area contributed by atoms with E-state index in [0.29, 0.717) is 21.9 Å². The number of benzene rings is 1. The summed E-state index contributed by atoms with van der Waals surface area (Å²) in [6.07, 6.45) is 4.51. The number of ether oxygens (including phenoxy) is 1. The van der Waals surface area contributed by atoms with Crippen LogP contribution in [0.15, 0.2) is 30.5 Å². The van der Waals surface area contributed by atoms with Gasteiger partial charge in [0.05, 0.1) is 10.0 Å². The Bertz CT molecular complexity index is 852. The van der Waals surface area contributed by atoms with E-state index in [1.165, 1.54) is 11.1 Å². The van der Waals surface area contributed by atoms with E-state index < -0.39 is 0 Å². The minimum absolute atomic E-state index is 0.199. The first-order valence-corrected chi connectivity index (χ1v) is 11.3. The quantitative estimate of drug-likeness (QED) is 0.693. The zero-order chi connectivity index (χ0) is 20.4. The average Bonchev–Trinajstić information content (AvgIpc) is 2.74. The van der Waals surface area contributed by atoms with Crippen LogP contribution in [-0.4, -0.2) is 30.7 Å². The van der Waals surface area contributed by atoms with Crippen LogP contribution in [0.25, 0.3) is 0 Å². The van der Waals surface area contributed by atoms with Gasteiger partial charge in [-0.05, 0) is 66.6 Å². The predicted octanol–water partition coefficient (Wildman–Crippen LogP) is 5.03. The summed E-state index contributed by atoms with van der Waals surface area (Å²) in [5, 5.41) is 8.14. The number of rotatable bonds is 5. The lowest BCUT2D eigenvalue weighted by molar-refractivity contribution is 0.0676. The molecule has 2 unspecified atom stereocenters. The minimum Gasteiger partial charge on any atom is -0.474 e. The maximum Gasteiger partial charge on any atom is 0.213 e. The van der Waals surface area contributed by atoms with Crippen LogP contribution in [-0.2, 0) is 6.54 Å². The summed E-state index contributed by atoms with van der Waals surface area (Å²) in [6, 6.07) is 7.99. The highest BCUT2D eigenvalue weighted by Crippen LogP contribution is 2.35. The molecule has 0 saturated carbocycles. The van der Waals surface area contributed by atoms with Crippen LogP contribution in [0.1, 0.15) is 49.3 Å². The molecule has 3 heterocycles. The van der Waals surface area contributed by atoms with E-state index in [9.17, 15) is 0 Å². The van der Waals surface area contributed by atoms with Crippen molar-refractivity contribution >= 4 is 23.2 Å². The van der Waals surface area contributed by atoms with E-state index in [4.69, 9.17) is 32.9 Å². The van der Waals surface area contributed by atoms with Crippen LogP contribution in [0.2, 0.25) is 10.0 Å². The molecule has 6 heteroatoms. The second-order valence-electron chi connectivity index (χ2n) is 8.49. The lowest BCUT2D eigenvalue weighted by atomic mass is 9.86. The van der Waals surface area contributed by atoms with Crippen LogP contribution in [0, 0.1) is 11.8 Å². The smallest absolute Gasteiger partial charge is 0.213 e. The molecule has 2 aliphatic rings. The van der Waals surface area contributed by atoms with Crippen LogP contribution >= 0.6 is 23.2 Å². The number of hydrogen-bond acceptors (Lipinski definition) is 4. The molecule has 0 radical (unpaired) electrons. The molecule has 4 nitrogen and oxygen atoms in total. The fraction of sp³-hybridized carbons (Fsp3) is 0.522. The van der Waals surface area contributed by atoms with Crippen LogP contribution in [0.4, 0.5) is 0 Å². The number of hydrogen-bond donors (Lipinski definition) is 2. The Hall–Kier alpha value is -1.33. The second-order valence-corrected chi connectivity index (χ2v) is 9.31. The van der Waals surface area contributed by atoms with E-state index in [1.807, 2.05) is 24.4 Å². The molecule has 156 valence electrons. The molecular weight excluding hydrogens is 405 g/mol. The Morgan fingerprint density at radius 2 is 1.86 bits per heavy atom. The van der Waals surface area contributed by atoms with Gasteiger partial charge in [0.2, 0.25) is 5.88 Å². The molecule has 29 heavy (non-hydrogen) atoms. The van der Waals surface area contributed by atoms with Crippen molar-refractivity contribution in [3.8, 4) is 5.88 Å². The van der Waals surface area contributed by atoms with Gasteiger partial charge in [-0.2, -0.15) is 0 Å². The standard InChI is InChI=1S/C23H29Cl2N3O/c1-14(2)23(15-5-7-26-8-6-15)29-22-10-17-11-27-12-18(19(17)13-28-22)16-3-4-20(24)21(25)9-16/h3-4,9-10,13-15,18,23,26-27H,5-8,11-12H2,1-2H3. The van der Waals surface area contributed by atoms with Gasteiger partial charge in [0.25, 0.3) is 0 Å². The highest BCUT2D eigenvalue weighted by atomic mass is 35.5. The number of nitrogens with zero attached hydrogens (tertiary/aromatic N) is 1. The maximum absolute atomic E-state index is 6.45. The fourth-order valence-corrected chi connectivity index (χ4v) is 4.90. The van der Waals surface area contributed by atoms with Gasteiger partial charge in [0.15, 0.2) is 0 Å². The molecule has 2 atom stereocenters. The highest BCUT2D eigenvalue weighted by Gasteiger charge is 2.29. The number of piperidine rings is 1. The second kappa shape index (κ2) is 9.22. The van der Waals surface area contributed by atoms with E-state index in [2.05, 4.69) is 30.5 Å². The first-order chi connectivity index (χ1) is 14.0. The molecule has 2 aromatic rings. The lowest BCUT2D eigenvalue weighted by Crippen LogP contribution is -2.39. The molecule has 2 N–H and O–H groups in total. The van der Waals surface area contributed by atoms with Crippen molar-refractivity contribution in [1.29, 1.82) is 0 Å². The van der Waals surface area contributed by atoms with E-state index in [1.54, 1.807) is 0 Å². The van der Waals surface area contributed by atoms with Gasteiger partial charge in [-0.1, -0.05) is 43.1 Å². The maximum atomic E-state index is 6.45. The average molecular weight is 434 g/mol. The summed E-state index contributed by atoms with van der Waals surface area (Å²) in [5.74, 6) is 1.98. The zero-order valence-electron chi connectivity index (χ0n) is 17.1. The number of nitrogens with one attached hydrogen (secondary N) is 2. The largest absolute Gasteiger partial charge is 0.474 e. The van der Waals surface area contributed by atoms with Gasteiger partial charge in [0, 0.05) is 31.3 Å². The SMILES string of the molecule is CC(C)C(Oc1cc2c(cn1)C(c1ccc(Cl)c(Cl)c1)CNC2)C1CCNCC1. The molecule has 4 rings (SSSR count). The Kier molecular flexibility index (Phi) is 6.65. The molecule has 0 amide bonds. The number of pyridine rings is 1. The van der Waals surface area contributed by atoms with Gasteiger partial charge in [-0.3, -0.25) is 0 Å². The van der Waals surface area contributed by atoms with Crippen molar-refractivity contribution in [3.63, 3.8) is 0 Å². The Morgan fingerprint density at radius 1 is 1.07 bits per heavy atom. The van der Waals surface area contributed by atoms with Gasteiger partial charge in [0.1, 0.15) is 6.10 Å². The van der Waals surface area contributed by atoms with E-state index in [-0.39, 0.29) is 12.0 Å². The molecule has 1 aromatic carbocycles. The summed E-state index contributed by atoms with van der Waals surface area (Å²) in [4.78, 5) is 4.70. The molecule has 1 aromatic heterocycles. The summed E-state index contributed by atoms with van der Waals surface area (Å²) in [6.45, 7) is 8.32. The zero-order valence-corrected chi connectivity index (χ0v) is 18.6. The Labute approximate surface area is 183 Å². The topological polar surface area (TPSA) is 46.2 Å². The van der Waals surface area contributed by atoms with Crippen molar-refractivity contribution < 1.29 is 4.74 Å². The van der Waals surface area contributed by atoms with Crippen molar-refractivity contribution in [2.24, 2.45) is 11.8 Å². The molecule has 1 saturated heterocycles. The monoisotopic (exact) mass is 433 g/mol. The molecule has 0 spiro atoms. The van der Waals surface area contributed by atoms with Crippen LogP contribution in [0.3, 0.4) is 0 Å². The number of fused-ring (bicyclic) bond motifs is 1. The minimum atomic E-state index is 0.199. The van der Waals surface area contributed by atoms with E-state index >= 15 is 0 Å². The van der Waals surface area contributed by atoms with Crippen molar-refractivity contribution in [2.45, 2.75) is 45.3 Å². The molecule has 2 aliphatic heterocycles. The van der Waals surface area contributed by atoms with Gasteiger partial charge >= 0.3 is 0 Å². The third-order valence-corrected chi connectivity index (χ3v) is 6.89. The lowest BCUT2D eigenvalue weighted by Gasteiger charge is -2.33. The first-order valence-electron chi connectivity index (χ1n) is 10.5. The summed E-state index contributed by atoms with van der Waals surface area (Å²) < 4.78 is 6.45. The fourth-order valence-electron chi connectivity index (χ4n) is 4.59. The molecule has 0 aliphatic carbocycles. The summed E-state index contributed by atoms with van der Waals surface area (Å²) in [7, 11) is 0. The summed E-state index contributed by atoms with van der Waals surface area (Å²) in [5.41, 5.74) is 3.63. The van der Waals surface area contributed by atoms with Gasteiger partial charge in [-0.15, -0.1) is 0 Å². The first kappa shape index (κ1) is 20.9. The van der Waals surface area contributed by atoms with Crippen molar-refractivity contribution in [2.75, 3.05) is 19.6 Å². The Balaban J connectivity index is 1.56. The molecule has 0 bridgehead atoms.